The van der Waals surface area contributed by atoms with Crippen LogP contribution in [0.2, 0.25) is 0 Å². The quantitative estimate of drug-likeness (QED) is 0.847. The van der Waals surface area contributed by atoms with Crippen molar-refractivity contribution in [2.45, 2.75) is 12.5 Å². The first-order valence-corrected chi connectivity index (χ1v) is 6.57. The van der Waals surface area contributed by atoms with Crippen LogP contribution in [-0.4, -0.2) is 26.6 Å². The third kappa shape index (κ3) is 2.59. The molecule has 1 unspecified atom stereocenters. The van der Waals surface area contributed by atoms with Crippen molar-refractivity contribution >= 4 is 21.8 Å². The lowest BCUT2D eigenvalue weighted by Crippen LogP contribution is -2.45. The molecule has 0 aliphatic rings. The number of hydrogen-bond acceptors (Lipinski definition) is 3. The minimum atomic E-state index is -0.489. The average molecular weight is 309 g/mol. The van der Waals surface area contributed by atoms with E-state index in [0.717, 1.165) is 5.56 Å². The van der Waals surface area contributed by atoms with Gasteiger partial charge in [-0.2, -0.15) is 15.4 Å². The summed E-state index contributed by atoms with van der Waals surface area (Å²) >= 11 is 3.44. The number of alkyl halides is 1. The van der Waals surface area contributed by atoms with Crippen LogP contribution in [0.4, 0.5) is 0 Å². The van der Waals surface area contributed by atoms with Crippen LogP contribution >= 0.6 is 15.9 Å². The molecule has 0 aliphatic carbocycles. The van der Waals surface area contributed by atoms with Gasteiger partial charge in [0.15, 0.2) is 5.69 Å². The number of carbonyl (C=O) groups is 1. The van der Waals surface area contributed by atoms with Crippen molar-refractivity contribution in [1.29, 1.82) is 0 Å². The smallest absolute Gasteiger partial charge is 0.274 e. The SMILES string of the molecule is CC(CBr)(NC(=O)c1cn[nH]n1)c1ccccc1. The molecule has 0 fully saturated rings. The lowest BCUT2D eigenvalue weighted by atomic mass is 9.94. The average Bonchev–Trinajstić information content (AvgIpc) is 2.93. The van der Waals surface area contributed by atoms with Gasteiger partial charge < -0.3 is 5.32 Å². The summed E-state index contributed by atoms with van der Waals surface area (Å²) in [5.41, 5.74) is 0.814. The number of aromatic amines is 1. The highest BCUT2D eigenvalue weighted by Crippen LogP contribution is 2.23. The molecule has 1 aromatic carbocycles. The van der Waals surface area contributed by atoms with E-state index in [-0.39, 0.29) is 11.6 Å². The van der Waals surface area contributed by atoms with E-state index in [0.29, 0.717) is 5.33 Å². The fourth-order valence-corrected chi connectivity index (χ4v) is 2.08. The molecule has 1 aromatic heterocycles. The third-order valence-electron chi connectivity index (χ3n) is 2.72. The second-order valence-corrected chi connectivity index (χ2v) is 4.70. The van der Waals surface area contributed by atoms with E-state index >= 15 is 0 Å². The number of rotatable bonds is 4. The van der Waals surface area contributed by atoms with Crippen molar-refractivity contribution in [3.05, 3.63) is 47.8 Å². The zero-order valence-corrected chi connectivity index (χ0v) is 11.4. The molecule has 6 heteroatoms. The summed E-state index contributed by atoms with van der Waals surface area (Å²) in [4.78, 5) is 12.0. The van der Waals surface area contributed by atoms with Crippen molar-refractivity contribution in [1.82, 2.24) is 20.7 Å². The highest BCUT2D eigenvalue weighted by molar-refractivity contribution is 9.09. The van der Waals surface area contributed by atoms with Crippen LogP contribution in [0.1, 0.15) is 23.0 Å². The Kier molecular flexibility index (Phi) is 3.76. The fraction of sp³-hybridized carbons (Fsp3) is 0.250. The van der Waals surface area contributed by atoms with Gasteiger partial charge in [0.05, 0.1) is 11.7 Å². The van der Waals surface area contributed by atoms with Gasteiger partial charge in [-0.25, -0.2) is 0 Å². The molecule has 18 heavy (non-hydrogen) atoms. The van der Waals surface area contributed by atoms with E-state index in [2.05, 4.69) is 36.7 Å². The molecule has 2 N–H and O–H groups in total. The van der Waals surface area contributed by atoms with Gasteiger partial charge in [-0.3, -0.25) is 4.79 Å². The van der Waals surface area contributed by atoms with E-state index in [1.165, 1.54) is 6.20 Å². The van der Waals surface area contributed by atoms with Crippen LogP contribution in [0.5, 0.6) is 0 Å². The maximum Gasteiger partial charge on any atom is 0.274 e. The van der Waals surface area contributed by atoms with Gasteiger partial charge in [0.2, 0.25) is 0 Å². The second-order valence-electron chi connectivity index (χ2n) is 4.14. The predicted molar refractivity (Wildman–Crippen MR) is 71.4 cm³/mol. The van der Waals surface area contributed by atoms with Crippen molar-refractivity contribution < 1.29 is 4.79 Å². The lowest BCUT2D eigenvalue weighted by Gasteiger charge is -2.29. The van der Waals surface area contributed by atoms with Crippen LogP contribution in [0.3, 0.4) is 0 Å². The van der Waals surface area contributed by atoms with Gasteiger partial charge in [0.1, 0.15) is 0 Å². The third-order valence-corrected chi connectivity index (χ3v) is 3.84. The second kappa shape index (κ2) is 5.30. The topological polar surface area (TPSA) is 70.7 Å². The fourth-order valence-electron chi connectivity index (χ4n) is 1.61. The molecular formula is C12H13BrN4O. The first-order valence-electron chi connectivity index (χ1n) is 5.45. The number of aromatic nitrogens is 3. The first-order chi connectivity index (χ1) is 8.65. The number of benzene rings is 1. The molecule has 94 valence electrons. The molecule has 2 rings (SSSR count). The number of hydrogen-bond donors (Lipinski definition) is 2. The highest BCUT2D eigenvalue weighted by Gasteiger charge is 2.28. The maximum absolute atomic E-state index is 12.0. The van der Waals surface area contributed by atoms with E-state index in [4.69, 9.17) is 0 Å². The van der Waals surface area contributed by atoms with Gasteiger partial charge >= 0.3 is 0 Å². The molecule has 0 saturated heterocycles. The minimum absolute atomic E-state index is 0.255. The molecule has 0 aliphatic heterocycles. The van der Waals surface area contributed by atoms with Gasteiger partial charge in [-0.1, -0.05) is 46.3 Å². The number of nitrogens with one attached hydrogen (secondary N) is 2. The van der Waals surface area contributed by atoms with Gasteiger partial charge in [0, 0.05) is 5.33 Å². The summed E-state index contributed by atoms with van der Waals surface area (Å²) in [5, 5.41) is 13.4. The summed E-state index contributed by atoms with van der Waals surface area (Å²) in [7, 11) is 0. The zero-order chi connectivity index (χ0) is 13.0. The largest absolute Gasteiger partial charge is 0.341 e. The first kappa shape index (κ1) is 12.8. The van der Waals surface area contributed by atoms with Crippen molar-refractivity contribution in [2.75, 3.05) is 5.33 Å². The van der Waals surface area contributed by atoms with Crippen molar-refractivity contribution in [2.24, 2.45) is 0 Å². The summed E-state index contributed by atoms with van der Waals surface area (Å²) in [6, 6.07) is 9.78. The van der Waals surface area contributed by atoms with Gasteiger partial charge in [-0.05, 0) is 12.5 Å². The van der Waals surface area contributed by atoms with E-state index in [1.807, 2.05) is 37.3 Å². The number of halogens is 1. The predicted octanol–water partition coefficient (Wildman–Crippen LogP) is 1.84. The monoisotopic (exact) mass is 308 g/mol. The lowest BCUT2D eigenvalue weighted by molar-refractivity contribution is 0.0909. The van der Waals surface area contributed by atoms with Gasteiger partial charge in [0.25, 0.3) is 5.91 Å². The van der Waals surface area contributed by atoms with Crippen LogP contribution < -0.4 is 5.32 Å². The molecule has 1 atom stereocenters. The van der Waals surface area contributed by atoms with E-state index < -0.39 is 5.54 Å². The Morgan fingerprint density at radius 2 is 2.17 bits per heavy atom. The minimum Gasteiger partial charge on any atom is -0.341 e. The Balaban J connectivity index is 2.21. The molecule has 0 saturated carbocycles. The van der Waals surface area contributed by atoms with Crippen LogP contribution in [0.25, 0.3) is 0 Å². The number of amides is 1. The van der Waals surface area contributed by atoms with Crippen LogP contribution in [0.15, 0.2) is 36.5 Å². The Bertz CT molecular complexity index is 514. The Morgan fingerprint density at radius 3 is 2.72 bits per heavy atom. The van der Waals surface area contributed by atoms with Crippen LogP contribution in [0, 0.1) is 0 Å². The molecule has 0 bridgehead atoms. The standard InChI is InChI=1S/C12H13BrN4O/c1-12(8-13,9-5-3-2-4-6-9)15-11(18)10-7-14-17-16-10/h2-7H,8H2,1H3,(H,15,18)(H,14,16,17). The Morgan fingerprint density at radius 1 is 1.44 bits per heavy atom. The molecular weight excluding hydrogens is 296 g/mol. The molecule has 1 amide bonds. The Hall–Kier alpha value is -1.69. The van der Waals surface area contributed by atoms with E-state index in [1.54, 1.807) is 0 Å². The number of carbonyl (C=O) groups excluding carboxylic acids is 1. The zero-order valence-electron chi connectivity index (χ0n) is 9.85. The molecule has 0 radical (unpaired) electrons. The number of nitrogens with zero attached hydrogens (tertiary/aromatic N) is 2. The molecule has 0 spiro atoms. The highest BCUT2D eigenvalue weighted by atomic mass is 79.9. The van der Waals surface area contributed by atoms with Gasteiger partial charge in [-0.15, -0.1) is 0 Å². The van der Waals surface area contributed by atoms with Crippen LogP contribution in [-0.2, 0) is 5.54 Å². The van der Waals surface area contributed by atoms with Crippen molar-refractivity contribution in [3.63, 3.8) is 0 Å². The molecule has 5 nitrogen and oxygen atoms in total. The van der Waals surface area contributed by atoms with Crippen molar-refractivity contribution in [3.8, 4) is 0 Å². The maximum atomic E-state index is 12.0. The summed E-state index contributed by atoms with van der Waals surface area (Å²) < 4.78 is 0. The summed E-state index contributed by atoms with van der Waals surface area (Å²) in [6.45, 7) is 1.95. The van der Waals surface area contributed by atoms with E-state index in [9.17, 15) is 4.79 Å². The Labute approximate surface area is 113 Å². The summed E-state index contributed by atoms with van der Waals surface area (Å²) in [6.07, 6.45) is 1.40. The number of H-pyrrole nitrogens is 1. The molecule has 1 heterocycles. The molecule has 2 aromatic rings. The summed E-state index contributed by atoms with van der Waals surface area (Å²) in [5.74, 6) is -0.255. The normalized spacial score (nSPS) is 13.9.